The van der Waals surface area contributed by atoms with Gasteiger partial charge in [-0.05, 0) is 29.7 Å². The number of rotatable bonds is 4. The first-order valence-corrected chi connectivity index (χ1v) is 11.6. The fourth-order valence-corrected chi connectivity index (χ4v) is 5.27. The molecule has 178 valence electrons. The van der Waals surface area contributed by atoms with Gasteiger partial charge in [0, 0.05) is 28.1 Å². The standard InChI is InChI=1S/C27H18ClN3O5/c28-21-14-13-18(31(34)35)15-20(21)24-23-25(36-30(24)17-9-2-1-3-10-17)27(33)29(26(23)32)22-12-6-8-16-7-4-5-11-19(16)22/h1-15,23-25H/t23-,24+,25-/m1/s1. The highest BCUT2D eigenvalue weighted by atomic mass is 35.5. The molecule has 0 N–H and O–H groups in total. The highest BCUT2D eigenvalue weighted by Gasteiger charge is 2.61. The largest absolute Gasteiger partial charge is 0.273 e. The number of benzene rings is 4. The number of halogens is 1. The first-order valence-electron chi connectivity index (χ1n) is 11.3. The molecule has 0 spiro atoms. The molecule has 2 fully saturated rings. The van der Waals surface area contributed by atoms with Crippen LogP contribution >= 0.6 is 11.6 Å². The van der Waals surface area contributed by atoms with Gasteiger partial charge in [-0.15, -0.1) is 0 Å². The molecule has 0 saturated carbocycles. The van der Waals surface area contributed by atoms with Crippen molar-refractivity contribution in [2.45, 2.75) is 12.1 Å². The second-order valence-corrected chi connectivity index (χ2v) is 9.04. The minimum Gasteiger partial charge on any atom is -0.273 e. The molecular formula is C27H18ClN3O5. The van der Waals surface area contributed by atoms with E-state index in [1.807, 2.05) is 36.4 Å². The molecule has 0 unspecified atom stereocenters. The molecule has 4 aromatic rings. The first-order chi connectivity index (χ1) is 17.5. The zero-order valence-corrected chi connectivity index (χ0v) is 19.4. The monoisotopic (exact) mass is 499 g/mol. The van der Waals surface area contributed by atoms with Crippen molar-refractivity contribution in [1.29, 1.82) is 0 Å². The molecule has 0 radical (unpaired) electrons. The second-order valence-electron chi connectivity index (χ2n) is 8.63. The smallest absolute Gasteiger partial charge is 0.269 e. The molecule has 2 aliphatic heterocycles. The summed E-state index contributed by atoms with van der Waals surface area (Å²) in [4.78, 5) is 45.9. The van der Waals surface area contributed by atoms with Crippen LogP contribution in [-0.4, -0.2) is 22.8 Å². The van der Waals surface area contributed by atoms with Gasteiger partial charge in [-0.3, -0.25) is 24.5 Å². The zero-order chi connectivity index (χ0) is 25.0. The third-order valence-electron chi connectivity index (χ3n) is 6.64. The summed E-state index contributed by atoms with van der Waals surface area (Å²) in [5.74, 6) is -1.91. The number of para-hydroxylation sites is 1. The molecule has 3 atom stereocenters. The van der Waals surface area contributed by atoms with E-state index in [1.165, 1.54) is 23.3 Å². The van der Waals surface area contributed by atoms with Gasteiger partial charge < -0.3 is 0 Å². The van der Waals surface area contributed by atoms with Gasteiger partial charge in [0.15, 0.2) is 6.10 Å². The predicted molar refractivity (Wildman–Crippen MR) is 135 cm³/mol. The number of anilines is 2. The summed E-state index contributed by atoms with van der Waals surface area (Å²) in [6, 6.07) is 25.1. The van der Waals surface area contributed by atoms with Crippen molar-refractivity contribution < 1.29 is 19.3 Å². The van der Waals surface area contributed by atoms with Gasteiger partial charge in [0.05, 0.1) is 22.3 Å². The molecule has 2 saturated heterocycles. The number of nitrogens with zero attached hydrogens (tertiary/aromatic N) is 3. The van der Waals surface area contributed by atoms with Gasteiger partial charge >= 0.3 is 0 Å². The quantitative estimate of drug-likeness (QED) is 0.210. The van der Waals surface area contributed by atoms with E-state index in [-0.39, 0.29) is 10.7 Å². The average Bonchev–Trinajstić information content (AvgIpc) is 3.40. The molecule has 0 aliphatic carbocycles. The predicted octanol–water partition coefficient (Wildman–Crippen LogP) is 5.45. The molecule has 36 heavy (non-hydrogen) atoms. The molecule has 2 heterocycles. The maximum atomic E-state index is 14.0. The van der Waals surface area contributed by atoms with E-state index in [2.05, 4.69) is 0 Å². The van der Waals surface area contributed by atoms with Gasteiger partial charge in [0.25, 0.3) is 11.6 Å². The Kier molecular flexibility index (Phi) is 5.21. The van der Waals surface area contributed by atoms with Crippen LogP contribution in [0.4, 0.5) is 17.1 Å². The molecule has 4 aromatic carbocycles. The fraction of sp³-hybridized carbons (Fsp3) is 0.111. The highest BCUT2D eigenvalue weighted by Crippen LogP contribution is 2.50. The average molecular weight is 500 g/mol. The summed E-state index contributed by atoms with van der Waals surface area (Å²) < 4.78 is 0. The number of hydrogen-bond acceptors (Lipinski definition) is 6. The van der Waals surface area contributed by atoms with Crippen LogP contribution < -0.4 is 9.96 Å². The second kappa shape index (κ2) is 8.44. The van der Waals surface area contributed by atoms with E-state index in [4.69, 9.17) is 16.4 Å². The van der Waals surface area contributed by atoms with Crippen LogP contribution in [0.3, 0.4) is 0 Å². The summed E-state index contributed by atoms with van der Waals surface area (Å²) in [5, 5.41) is 14.9. The van der Waals surface area contributed by atoms with Crippen LogP contribution in [0.15, 0.2) is 91.0 Å². The van der Waals surface area contributed by atoms with Crippen LogP contribution in [0.1, 0.15) is 11.6 Å². The van der Waals surface area contributed by atoms with E-state index in [9.17, 15) is 19.7 Å². The number of fused-ring (bicyclic) bond motifs is 2. The maximum absolute atomic E-state index is 14.0. The lowest BCUT2D eigenvalue weighted by Crippen LogP contribution is -2.37. The Balaban J connectivity index is 1.50. The Morgan fingerprint density at radius 3 is 2.36 bits per heavy atom. The van der Waals surface area contributed by atoms with Crippen molar-refractivity contribution in [1.82, 2.24) is 0 Å². The Labute approximate surface area is 210 Å². The van der Waals surface area contributed by atoms with Crippen LogP contribution in [0.5, 0.6) is 0 Å². The summed E-state index contributed by atoms with van der Waals surface area (Å²) in [6.45, 7) is 0. The number of carbonyl (C=O) groups is 2. The van der Waals surface area contributed by atoms with Crippen LogP contribution in [0, 0.1) is 16.0 Å². The minimum atomic E-state index is -1.11. The van der Waals surface area contributed by atoms with Gasteiger partial charge in [0.1, 0.15) is 5.92 Å². The van der Waals surface area contributed by atoms with Gasteiger partial charge in [-0.2, -0.15) is 0 Å². The number of imide groups is 1. The number of nitro benzene ring substituents is 1. The SMILES string of the molecule is O=C1[C@H]2[C@@H](ON(c3ccccc3)[C@H]2c2cc([N+](=O)[O-])ccc2Cl)C(=O)N1c1cccc2ccccc12. The van der Waals surface area contributed by atoms with Crippen molar-refractivity contribution in [3.05, 3.63) is 112 Å². The third kappa shape index (κ3) is 3.34. The van der Waals surface area contributed by atoms with E-state index in [1.54, 1.807) is 36.4 Å². The summed E-state index contributed by atoms with van der Waals surface area (Å²) in [6.07, 6.45) is -1.11. The molecule has 9 heteroatoms. The highest BCUT2D eigenvalue weighted by molar-refractivity contribution is 6.32. The summed E-state index contributed by atoms with van der Waals surface area (Å²) in [5.41, 5.74) is 1.23. The number of amides is 2. The molecule has 2 aliphatic rings. The lowest BCUT2D eigenvalue weighted by atomic mass is 9.90. The molecule has 6 rings (SSSR count). The number of hydrogen-bond donors (Lipinski definition) is 0. The Hall–Kier alpha value is -4.27. The molecule has 2 amide bonds. The van der Waals surface area contributed by atoms with E-state index >= 15 is 0 Å². The Bertz CT molecular complexity index is 1540. The van der Waals surface area contributed by atoms with Crippen molar-refractivity contribution in [3.8, 4) is 0 Å². The Morgan fingerprint density at radius 1 is 0.861 bits per heavy atom. The lowest BCUT2D eigenvalue weighted by molar-refractivity contribution is -0.384. The van der Waals surface area contributed by atoms with Crippen LogP contribution in [-0.2, 0) is 14.4 Å². The van der Waals surface area contributed by atoms with E-state index in [0.717, 1.165) is 15.7 Å². The van der Waals surface area contributed by atoms with Crippen molar-refractivity contribution in [2.75, 3.05) is 9.96 Å². The first kappa shape index (κ1) is 22.2. The summed E-state index contributed by atoms with van der Waals surface area (Å²) in [7, 11) is 0. The summed E-state index contributed by atoms with van der Waals surface area (Å²) >= 11 is 6.53. The number of hydroxylamine groups is 1. The fourth-order valence-electron chi connectivity index (χ4n) is 5.04. The zero-order valence-electron chi connectivity index (χ0n) is 18.7. The molecule has 8 nitrogen and oxygen atoms in total. The van der Waals surface area contributed by atoms with Crippen LogP contribution in [0.25, 0.3) is 10.8 Å². The van der Waals surface area contributed by atoms with E-state index in [0.29, 0.717) is 16.9 Å². The minimum absolute atomic E-state index is 0.173. The van der Waals surface area contributed by atoms with Gasteiger partial charge in [-0.1, -0.05) is 66.2 Å². The van der Waals surface area contributed by atoms with Crippen LogP contribution in [0.2, 0.25) is 5.02 Å². The van der Waals surface area contributed by atoms with Crippen molar-refractivity contribution in [2.24, 2.45) is 5.92 Å². The van der Waals surface area contributed by atoms with Gasteiger partial charge in [-0.25, -0.2) is 9.96 Å². The van der Waals surface area contributed by atoms with Crippen molar-refractivity contribution >= 4 is 51.2 Å². The number of nitro groups is 1. The normalized spacial score (nSPS) is 21.3. The third-order valence-corrected chi connectivity index (χ3v) is 6.99. The number of non-ortho nitro benzene ring substituents is 1. The maximum Gasteiger partial charge on any atom is 0.269 e. The lowest BCUT2D eigenvalue weighted by Gasteiger charge is -2.29. The van der Waals surface area contributed by atoms with E-state index < -0.39 is 34.8 Å². The van der Waals surface area contributed by atoms with Crippen molar-refractivity contribution in [3.63, 3.8) is 0 Å². The van der Waals surface area contributed by atoms with Gasteiger partial charge in [0.2, 0.25) is 5.91 Å². The topological polar surface area (TPSA) is 93.0 Å². The molecule has 0 bridgehead atoms. The molecular weight excluding hydrogens is 482 g/mol. The Morgan fingerprint density at radius 2 is 1.58 bits per heavy atom. The molecule has 0 aromatic heterocycles. The number of carbonyl (C=O) groups excluding carboxylic acids is 2.